The number of nitrogens with zero attached hydrogens (tertiary/aromatic N) is 3. The van der Waals surface area contributed by atoms with Crippen LogP contribution in [-0.2, 0) is 14.2 Å². The molecule has 9 heteroatoms. The van der Waals surface area contributed by atoms with Crippen LogP contribution < -0.4 is 10.6 Å². The Balaban J connectivity index is 1.42. The zero-order valence-corrected chi connectivity index (χ0v) is 19.6. The predicted octanol–water partition coefficient (Wildman–Crippen LogP) is 3.87. The molecule has 2 N–H and O–H groups in total. The van der Waals surface area contributed by atoms with Gasteiger partial charge in [0.15, 0.2) is 5.79 Å². The number of rotatable bonds is 6. The maximum atomic E-state index is 12.1. The van der Waals surface area contributed by atoms with E-state index in [2.05, 4.69) is 44.9 Å². The van der Waals surface area contributed by atoms with Crippen molar-refractivity contribution >= 4 is 28.5 Å². The zero-order chi connectivity index (χ0) is 23.2. The number of carbonyl (C=O) groups is 1. The Bertz CT molecular complexity index is 1060. The van der Waals surface area contributed by atoms with Crippen LogP contribution in [0.15, 0.2) is 19.1 Å². The van der Waals surface area contributed by atoms with Gasteiger partial charge >= 0.3 is 6.09 Å². The number of aromatic nitrogens is 3. The molecule has 0 radical (unpaired) electrons. The Morgan fingerprint density at radius 2 is 2.18 bits per heavy atom. The van der Waals surface area contributed by atoms with E-state index >= 15 is 0 Å². The van der Waals surface area contributed by atoms with Gasteiger partial charge in [-0.2, -0.15) is 0 Å². The third-order valence-electron chi connectivity index (χ3n) is 6.86. The van der Waals surface area contributed by atoms with Gasteiger partial charge in [0.25, 0.3) is 0 Å². The van der Waals surface area contributed by atoms with Crippen molar-refractivity contribution in [2.24, 2.45) is 5.92 Å². The first-order valence-corrected chi connectivity index (χ1v) is 11.9. The lowest BCUT2D eigenvalue weighted by molar-refractivity contribution is -0.160. The second-order valence-electron chi connectivity index (χ2n) is 9.65. The number of unbranched alkanes of at least 4 members (excludes halogenated alkanes) is 1. The average molecular weight is 456 g/mol. The van der Waals surface area contributed by atoms with Gasteiger partial charge in [-0.25, -0.2) is 14.8 Å². The number of nitrogens with one attached hydrogen (secondary N) is 2. The molecule has 1 saturated heterocycles. The van der Waals surface area contributed by atoms with Crippen molar-refractivity contribution in [3.8, 4) is 0 Å². The molecule has 1 saturated carbocycles. The summed E-state index contributed by atoms with van der Waals surface area (Å²) >= 11 is 0. The van der Waals surface area contributed by atoms with E-state index in [9.17, 15) is 4.79 Å². The Kier molecular flexibility index (Phi) is 5.78. The Morgan fingerprint density at radius 1 is 1.36 bits per heavy atom. The smallest absolute Gasteiger partial charge is 0.407 e. The molecule has 0 aromatic carbocycles. The van der Waals surface area contributed by atoms with Gasteiger partial charge < -0.3 is 29.4 Å². The van der Waals surface area contributed by atoms with Crippen LogP contribution in [0.2, 0.25) is 0 Å². The van der Waals surface area contributed by atoms with Gasteiger partial charge in [0, 0.05) is 30.8 Å². The average Bonchev–Trinajstić information content (AvgIpc) is 3.37. The van der Waals surface area contributed by atoms with Crippen LogP contribution in [0, 0.1) is 5.92 Å². The number of alkyl carbamates (subject to hydrolysis) is 1. The van der Waals surface area contributed by atoms with Gasteiger partial charge in [-0.1, -0.05) is 19.9 Å². The van der Waals surface area contributed by atoms with E-state index in [1.807, 2.05) is 13.8 Å². The van der Waals surface area contributed by atoms with Crippen LogP contribution in [0.4, 0.5) is 10.6 Å². The summed E-state index contributed by atoms with van der Waals surface area (Å²) in [5, 5.41) is 7.34. The molecule has 1 aliphatic carbocycles. The number of fused-ring (bicyclic) bond motifs is 1. The molecule has 5 rings (SSSR count). The summed E-state index contributed by atoms with van der Waals surface area (Å²) in [5.74, 6) is 0.256. The number of hydrogen-bond acceptors (Lipinski definition) is 7. The molecule has 4 atom stereocenters. The van der Waals surface area contributed by atoms with Gasteiger partial charge in [-0.3, -0.25) is 0 Å². The minimum atomic E-state index is -0.684. The summed E-state index contributed by atoms with van der Waals surface area (Å²) in [6.45, 7) is 12.0. The summed E-state index contributed by atoms with van der Waals surface area (Å²) in [7, 11) is 0. The summed E-state index contributed by atoms with van der Waals surface area (Å²) in [6.07, 6.45) is 6.59. The van der Waals surface area contributed by atoms with Crippen molar-refractivity contribution in [3.63, 3.8) is 0 Å². The molecular formula is C24H33N5O4. The molecule has 0 bridgehead atoms. The van der Waals surface area contributed by atoms with Crippen molar-refractivity contribution in [3.05, 3.63) is 24.7 Å². The third kappa shape index (κ3) is 4.08. The van der Waals surface area contributed by atoms with Crippen molar-refractivity contribution in [2.45, 2.75) is 70.5 Å². The highest BCUT2D eigenvalue weighted by molar-refractivity contribution is 5.99. The molecule has 33 heavy (non-hydrogen) atoms. The Labute approximate surface area is 193 Å². The van der Waals surface area contributed by atoms with Gasteiger partial charge in [0.1, 0.15) is 23.9 Å². The highest BCUT2D eigenvalue weighted by Gasteiger charge is 2.54. The number of ether oxygens (including phenoxy) is 3. The summed E-state index contributed by atoms with van der Waals surface area (Å²) in [5.41, 5.74) is 3.03. The fraction of sp³-hybridized carbons (Fsp3) is 0.625. The first kappa shape index (κ1) is 22.2. The first-order chi connectivity index (χ1) is 15.9. The SMILES string of the molecule is C=C1CCNc2ncnc3c2c1cn3[C@@H]1C[C@H](CNC(=O)OCCCC)[C@H]2OC(C)(C)O[C@H]21. The molecule has 9 nitrogen and oxygen atoms in total. The minimum Gasteiger partial charge on any atom is -0.450 e. The standard InChI is InChI=1S/C24H33N5O4/c1-5-6-9-31-23(30)26-11-15-10-17(20-19(15)32-24(3,4)33-20)29-12-16-14(2)7-8-25-21-18(16)22(29)28-13-27-21/h12-13,15,17,19-20H,2,5-11H2,1,3-4H3,(H,26,30)(H,25,27,28)/t15-,17-,19-,20+/m1/s1. The maximum Gasteiger partial charge on any atom is 0.407 e. The van der Waals surface area contributed by atoms with Gasteiger partial charge in [-0.05, 0) is 38.7 Å². The highest BCUT2D eigenvalue weighted by Crippen LogP contribution is 2.48. The van der Waals surface area contributed by atoms with Crippen LogP contribution >= 0.6 is 0 Å². The van der Waals surface area contributed by atoms with Gasteiger partial charge in [0.05, 0.1) is 24.1 Å². The number of hydrogen-bond donors (Lipinski definition) is 2. The van der Waals surface area contributed by atoms with Crippen molar-refractivity contribution in [2.75, 3.05) is 25.0 Å². The van der Waals surface area contributed by atoms with Gasteiger partial charge in [0.2, 0.25) is 0 Å². The zero-order valence-electron chi connectivity index (χ0n) is 19.6. The molecule has 1 amide bonds. The summed E-state index contributed by atoms with van der Waals surface area (Å²) < 4.78 is 20.1. The van der Waals surface area contributed by atoms with Crippen LogP contribution in [0.3, 0.4) is 0 Å². The van der Waals surface area contributed by atoms with Crippen LogP contribution in [-0.4, -0.2) is 58.3 Å². The van der Waals surface area contributed by atoms with E-state index < -0.39 is 5.79 Å². The lowest BCUT2D eigenvalue weighted by Gasteiger charge is -2.24. The second-order valence-corrected chi connectivity index (χ2v) is 9.65. The minimum absolute atomic E-state index is 0.0194. The molecule has 0 spiro atoms. The van der Waals surface area contributed by atoms with Gasteiger partial charge in [-0.15, -0.1) is 0 Å². The molecule has 2 aliphatic heterocycles. The number of amides is 1. The van der Waals surface area contributed by atoms with E-state index in [-0.39, 0.29) is 30.3 Å². The van der Waals surface area contributed by atoms with E-state index in [1.54, 1.807) is 6.33 Å². The lowest BCUT2D eigenvalue weighted by atomic mass is 10.1. The predicted molar refractivity (Wildman–Crippen MR) is 125 cm³/mol. The number of carbonyl (C=O) groups excluding carboxylic acids is 1. The fourth-order valence-corrected chi connectivity index (χ4v) is 5.31. The van der Waals surface area contributed by atoms with E-state index in [4.69, 9.17) is 14.2 Å². The van der Waals surface area contributed by atoms with E-state index in [0.717, 1.165) is 60.2 Å². The number of anilines is 1. The summed E-state index contributed by atoms with van der Waals surface area (Å²) in [4.78, 5) is 21.2. The highest BCUT2D eigenvalue weighted by atomic mass is 16.8. The van der Waals surface area contributed by atoms with Crippen LogP contribution in [0.1, 0.15) is 58.1 Å². The molecule has 178 valence electrons. The summed E-state index contributed by atoms with van der Waals surface area (Å²) in [6, 6.07) is 0.0194. The molecule has 3 aliphatic rings. The molecule has 2 aromatic rings. The molecular weight excluding hydrogens is 422 g/mol. The second kappa shape index (κ2) is 8.61. The van der Waals surface area contributed by atoms with Crippen molar-refractivity contribution in [1.29, 1.82) is 0 Å². The molecule has 0 unspecified atom stereocenters. The maximum absolute atomic E-state index is 12.1. The van der Waals surface area contributed by atoms with E-state index in [1.165, 1.54) is 0 Å². The van der Waals surface area contributed by atoms with E-state index in [0.29, 0.717) is 13.2 Å². The quantitative estimate of drug-likeness (QED) is 0.638. The molecule has 2 fully saturated rings. The first-order valence-electron chi connectivity index (χ1n) is 11.9. The van der Waals surface area contributed by atoms with Crippen molar-refractivity contribution in [1.82, 2.24) is 19.9 Å². The Hall–Kier alpha value is -2.65. The fourth-order valence-electron chi connectivity index (χ4n) is 5.31. The monoisotopic (exact) mass is 455 g/mol. The molecule has 4 heterocycles. The molecule has 2 aromatic heterocycles. The van der Waals surface area contributed by atoms with Crippen LogP contribution in [0.5, 0.6) is 0 Å². The third-order valence-corrected chi connectivity index (χ3v) is 6.86. The topological polar surface area (TPSA) is 99.5 Å². The lowest BCUT2D eigenvalue weighted by Crippen LogP contribution is -2.35. The largest absolute Gasteiger partial charge is 0.450 e. The van der Waals surface area contributed by atoms with Crippen LogP contribution in [0.25, 0.3) is 16.6 Å². The van der Waals surface area contributed by atoms with Crippen molar-refractivity contribution < 1.29 is 19.0 Å². The normalized spacial score (nSPS) is 27.8. The Morgan fingerprint density at radius 3 is 3.00 bits per heavy atom.